The molecule has 0 saturated heterocycles. The second-order valence-electron chi connectivity index (χ2n) is 6.37. The highest BCUT2D eigenvalue weighted by Crippen LogP contribution is 2.48. The van der Waals surface area contributed by atoms with Gasteiger partial charge in [-0.1, -0.05) is 44.2 Å². The maximum Gasteiger partial charge on any atom is 0.416 e. The van der Waals surface area contributed by atoms with Gasteiger partial charge in [0.15, 0.2) is 0 Å². The molecule has 0 amide bonds. The Morgan fingerprint density at radius 3 is 2.43 bits per heavy atom. The van der Waals surface area contributed by atoms with E-state index in [0.29, 0.717) is 24.6 Å². The highest BCUT2D eigenvalue weighted by atomic mass is 19.4. The maximum atomic E-state index is 13.3. The molecule has 0 aromatic heterocycles. The molecule has 2 aromatic rings. The van der Waals surface area contributed by atoms with E-state index in [1.165, 1.54) is 6.07 Å². The average Bonchev–Trinajstić information content (AvgIpc) is 2.81. The van der Waals surface area contributed by atoms with Crippen molar-refractivity contribution in [3.05, 3.63) is 59.2 Å². The maximum absolute atomic E-state index is 13.3. The third kappa shape index (κ3) is 3.00. The summed E-state index contributed by atoms with van der Waals surface area (Å²) in [6.45, 7) is 4.39. The first-order chi connectivity index (χ1) is 10.8. The first-order valence-electron chi connectivity index (χ1n) is 7.44. The summed E-state index contributed by atoms with van der Waals surface area (Å²) in [5.74, 6) is 0.461. The van der Waals surface area contributed by atoms with Gasteiger partial charge in [0.25, 0.3) is 0 Å². The smallest absolute Gasteiger partial charge is 0.416 e. The minimum Gasteiger partial charge on any atom is -0.487 e. The Balaban J connectivity index is 1.96. The molecule has 5 heteroatoms. The van der Waals surface area contributed by atoms with Gasteiger partial charge in [-0.2, -0.15) is 13.2 Å². The van der Waals surface area contributed by atoms with E-state index in [2.05, 4.69) is 5.32 Å². The van der Waals surface area contributed by atoms with Crippen molar-refractivity contribution in [1.82, 2.24) is 0 Å². The Labute approximate surface area is 133 Å². The molecule has 0 aliphatic carbocycles. The van der Waals surface area contributed by atoms with E-state index in [4.69, 9.17) is 4.74 Å². The number of benzene rings is 2. The lowest BCUT2D eigenvalue weighted by Crippen LogP contribution is -2.23. The van der Waals surface area contributed by atoms with Crippen LogP contribution in [0.2, 0.25) is 0 Å². The van der Waals surface area contributed by atoms with Gasteiger partial charge in [0.1, 0.15) is 12.4 Å². The molecule has 23 heavy (non-hydrogen) atoms. The van der Waals surface area contributed by atoms with Crippen LogP contribution in [-0.4, -0.2) is 6.54 Å². The third-order valence-corrected chi connectivity index (χ3v) is 4.09. The lowest BCUT2D eigenvalue weighted by atomic mass is 9.83. The molecule has 0 unspecified atom stereocenters. The molecule has 0 saturated carbocycles. The fourth-order valence-corrected chi connectivity index (χ4v) is 2.95. The Morgan fingerprint density at radius 1 is 1.09 bits per heavy atom. The predicted molar refractivity (Wildman–Crippen MR) is 83.7 cm³/mol. The van der Waals surface area contributed by atoms with Crippen LogP contribution < -0.4 is 10.1 Å². The van der Waals surface area contributed by atoms with Crippen LogP contribution in [0.3, 0.4) is 0 Å². The summed E-state index contributed by atoms with van der Waals surface area (Å²) in [6, 6.07) is 12.1. The van der Waals surface area contributed by atoms with Crippen LogP contribution in [0.5, 0.6) is 5.75 Å². The lowest BCUT2D eigenvalue weighted by molar-refractivity contribution is -0.138. The summed E-state index contributed by atoms with van der Waals surface area (Å²) >= 11 is 0. The van der Waals surface area contributed by atoms with Gasteiger partial charge < -0.3 is 10.1 Å². The van der Waals surface area contributed by atoms with Crippen molar-refractivity contribution < 1.29 is 17.9 Å². The number of halogens is 3. The molecule has 0 radical (unpaired) electrons. The van der Waals surface area contributed by atoms with E-state index in [9.17, 15) is 13.2 Å². The predicted octanol–water partition coefficient (Wildman–Crippen LogP) is 4.99. The first-order valence-corrected chi connectivity index (χ1v) is 7.44. The molecule has 0 fully saturated rings. The van der Waals surface area contributed by atoms with Gasteiger partial charge >= 0.3 is 6.18 Å². The van der Waals surface area contributed by atoms with E-state index in [0.717, 1.165) is 11.6 Å². The Hall–Kier alpha value is -2.17. The second kappa shape index (κ2) is 5.48. The van der Waals surface area contributed by atoms with Gasteiger partial charge in [-0.15, -0.1) is 0 Å². The molecule has 2 nitrogen and oxygen atoms in total. The number of ether oxygens (including phenoxy) is 1. The summed E-state index contributed by atoms with van der Waals surface area (Å²) in [5.41, 5.74) is 0.538. The number of anilines is 1. The van der Waals surface area contributed by atoms with E-state index in [1.807, 2.05) is 44.2 Å². The van der Waals surface area contributed by atoms with Crippen LogP contribution >= 0.6 is 0 Å². The molecule has 0 atom stereocenters. The zero-order chi connectivity index (χ0) is 16.7. The van der Waals surface area contributed by atoms with Crippen molar-refractivity contribution in [2.75, 3.05) is 11.9 Å². The van der Waals surface area contributed by atoms with Crippen molar-refractivity contribution >= 4 is 5.69 Å². The Bertz CT molecular complexity index is 708. The number of rotatable bonds is 3. The quantitative estimate of drug-likeness (QED) is 0.860. The third-order valence-electron chi connectivity index (χ3n) is 4.09. The number of fused-ring (bicyclic) bond motifs is 1. The van der Waals surface area contributed by atoms with Gasteiger partial charge in [-0.3, -0.25) is 0 Å². The van der Waals surface area contributed by atoms with Crippen LogP contribution in [-0.2, 0) is 18.2 Å². The van der Waals surface area contributed by atoms with Crippen molar-refractivity contribution in [3.63, 3.8) is 0 Å². The molecule has 0 bridgehead atoms. The second-order valence-corrected chi connectivity index (χ2v) is 6.37. The average molecular weight is 321 g/mol. The molecular formula is C18H18F3NO. The van der Waals surface area contributed by atoms with E-state index < -0.39 is 17.2 Å². The van der Waals surface area contributed by atoms with Crippen molar-refractivity contribution in [1.29, 1.82) is 0 Å². The van der Waals surface area contributed by atoms with Crippen LogP contribution in [0, 0.1) is 0 Å². The summed E-state index contributed by atoms with van der Waals surface area (Å²) in [5, 5.41) is 3.08. The van der Waals surface area contributed by atoms with Gasteiger partial charge in [-0.25, -0.2) is 0 Å². The SMILES string of the molecule is CC1(C)CNc2c(OCc3ccccc3)ccc(C(F)(F)F)c21. The Morgan fingerprint density at radius 2 is 1.78 bits per heavy atom. The molecule has 2 aromatic carbocycles. The van der Waals surface area contributed by atoms with Crippen molar-refractivity contribution in [2.24, 2.45) is 0 Å². The molecule has 122 valence electrons. The lowest BCUT2D eigenvalue weighted by Gasteiger charge is -2.23. The van der Waals surface area contributed by atoms with Crippen LogP contribution in [0.15, 0.2) is 42.5 Å². The number of alkyl halides is 3. The minimum absolute atomic E-state index is 0.288. The van der Waals surface area contributed by atoms with E-state index in [-0.39, 0.29) is 5.56 Å². The van der Waals surface area contributed by atoms with E-state index in [1.54, 1.807) is 0 Å². The van der Waals surface area contributed by atoms with E-state index >= 15 is 0 Å². The normalized spacial score (nSPS) is 15.9. The molecule has 3 rings (SSSR count). The fourth-order valence-electron chi connectivity index (χ4n) is 2.95. The first kappa shape index (κ1) is 15.7. The number of hydrogen-bond donors (Lipinski definition) is 1. The van der Waals surface area contributed by atoms with Crippen LogP contribution in [0.25, 0.3) is 0 Å². The van der Waals surface area contributed by atoms with Crippen molar-refractivity contribution in [3.8, 4) is 5.75 Å². The van der Waals surface area contributed by atoms with Crippen molar-refractivity contribution in [2.45, 2.75) is 32.0 Å². The molecule has 1 N–H and O–H groups in total. The van der Waals surface area contributed by atoms with Gasteiger partial charge in [-0.05, 0) is 23.3 Å². The molecular weight excluding hydrogens is 303 g/mol. The van der Waals surface area contributed by atoms with Gasteiger partial charge in [0, 0.05) is 12.0 Å². The van der Waals surface area contributed by atoms with Crippen LogP contribution in [0.4, 0.5) is 18.9 Å². The van der Waals surface area contributed by atoms with Crippen LogP contribution in [0.1, 0.15) is 30.5 Å². The summed E-state index contributed by atoms with van der Waals surface area (Å²) in [4.78, 5) is 0. The molecule has 0 spiro atoms. The fraction of sp³-hybridized carbons (Fsp3) is 0.333. The highest BCUT2D eigenvalue weighted by Gasteiger charge is 2.43. The molecule has 1 heterocycles. The number of nitrogens with one attached hydrogen (secondary N) is 1. The summed E-state index contributed by atoms with van der Waals surface area (Å²) in [6.07, 6.45) is -4.37. The largest absolute Gasteiger partial charge is 0.487 e. The summed E-state index contributed by atoms with van der Waals surface area (Å²) in [7, 11) is 0. The zero-order valence-electron chi connectivity index (χ0n) is 13.0. The zero-order valence-corrected chi connectivity index (χ0v) is 13.0. The van der Waals surface area contributed by atoms with Gasteiger partial charge in [0.2, 0.25) is 0 Å². The highest BCUT2D eigenvalue weighted by molar-refractivity contribution is 5.71. The summed E-state index contributed by atoms with van der Waals surface area (Å²) < 4.78 is 45.7. The molecule has 1 aliphatic heterocycles. The molecule has 1 aliphatic rings. The monoisotopic (exact) mass is 321 g/mol. The Kier molecular flexibility index (Phi) is 3.74. The standard InChI is InChI=1S/C18H18F3NO/c1-17(2)11-22-16-14(23-10-12-6-4-3-5-7-12)9-8-13(15(16)17)18(19,20)21/h3-9,22H,10-11H2,1-2H3. The van der Waals surface area contributed by atoms with Gasteiger partial charge in [0.05, 0.1) is 11.3 Å². The topological polar surface area (TPSA) is 21.3 Å². The minimum atomic E-state index is -4.37. The number of hydrogen-bond acceptors (Lipinski definition) is 2.